The van der Waals surface area contributed by atoms with Crippen LogP contribution in [0.5, 0.6) is 0 Å². The van der Waals surface area contributed by atoms with Gasteiger partial charge in [0, 0.05) is 5.56 Å². The van der Waals surface area contributed by atoms with E-state index in [9.17, 15) is 21.6 Å². The largest absolute Gasteiger partial charge is 0.357 e. The third-order valence-electron chi connectivity index (χ3n) is 3.75. The van der Waals surface area contributed by atoms with Crippen LogP contribution in [0.4, 0.5) is 13.2 Å². The average molecular weight is 382 g/mol. The number of rotatable bonds is 4. The Morgan fingerprint density at radius 2 is 1.77 bits per heavy atom. The molecule has 0 aliphatic carbocycles. The zero-order valence-electron chi connectivity index (χ0n) is 13.5. The number of aryl methyl sites for hydroxylation is 1. The molecule has 0 saturated carbocycles. The zero-order chi connectivity index (χ0) is 19.1. The van der Waals surface area contributed by atoms with Gasteiger partial charge in [0.15, 0.2) is 17.3 Å². The molecule has 2 aromatic carbocycles. The van der Waals surface area contributed by atoms with Crippen LogP contribution in [0.15, 0.2) is 45.8 Å². The van der Waals surface area contributed by atoms with E-state index in [1.165, 1.54) is 0 Å². The number of sulfonamides is 1. The van der Waals surface area contributed by atoms with Gasteiger partial charge >= 0.3 is 0 Å². The van der Waals surface area contributed by atoms with E-state index >= 15 is 0 Å². The molecule has 0 radical (unpaired) electrons. The first kappa shape index (κ1) is 18.2. The molecule has 0 saturated heterocycles. The van der Waals surface area contributed by atoms with Crippen LogP contribution >= 0.6 is 0 Å². The number of nitrogens with two attached hydrogens (primary N) is 1. The smallest absolute Gasteiger partial charge is 0.243 e. The second-order valence-corrected chi connectivity index (χ2v) is 7.14. The maximum absolute atomic E-state index is 14.2. The van der Waals surface area contributed by atoms with E-state index in [0.29, 0.717) is 5.56 Å². The van der Waals surface area contributed by atoms with E-state index in [4.69, 9.17) is 9.66 Å². The maximum Gasteiger partial charge on any atom is 0.243 e. The maximum atomic E-state index is 14.2. The lowest BCUT2D eigenvalue weighted by Gasteiger charge is -2.08. The van der Waals surface area contributed by atoms with Crippen LogP contribution in [-0.4, -0.2) is 13.6 Å². The van der Waals surface area contributed by atoms with Gasteiger partial charge in [-0.3, -0.25) is 0 Å². The van der Waals surface area contributed by atoms with Crippen molar-refractivity contribution in [3.8, 4) is 22.4 Å². The number of aromatic nitrogens is 1. The minimum absolute atomic E-state index is 0.0388. The van der Waals surface area contributed by atoms with E-state index in [0.717, 1.165) is 17.7 Å². The fraction of sp³-hybridized carbons (Fsp3) is 0.118. The van der Waals surface area contributed by atoms with Gasteiger partial charge in [0.25, 0.3) is 0 Å². The lowest BCUT2D eigenvalue weighted by molar-refractivity contribution is 0.332. The molecule has 0 spiro atoms. The summed E-state index contributed by atoms with van der Waals surface area (Å²) in [6, 6.07) is 8.52. The topological polar surface area (TPSA) is 86.2 Å². The Bertz CT molecular complexity index is 1070. The molecule has 3 rings (SSSR count). The summed E-state index contributed by atoms with van der Waals surface area (Å²) in [6.07, 6.45) is 0. The molecule has 0 fully saturated rings. The Labute approximate surface area is 147 Å². The van der Waals surface area contributed by atoms with Crippen LogP contribution in [0.3, 0.4) is 0 Å². The monoisotopic (exact) mass is 382 g/mol. The highest BCUT2D eigenvalue weighted by atomic mass is 32.2. The third kappa shape index (κ3) is 3.23. The molecule has 1 aromatic heterocycles. The summed E-state index contributed by atoms with van der Waals surface area (Å²) in [7, 11) is -4.60. The van der Waals surface area contributed by atoms with Crippen LogP contribution in [-0.2, 0) is 16.7 Å². The number of halogens is 3. The summed E-state index contributed by atoms with van der Waals surface area (Å²) in [6.45, 7) is 0.772. The van der Waals surface area contributed by atoms with E-state index in [1.807, 2.05) is 13.0 Å². The Hall–Kier alpha value is -2.65. The van der Waals surface area contributed by atoms with Gasteiger partial charge in [0.05, 0.1) is 5.56 Å². The van der Waals surface area contributed by atoms with Crippen molar-refractivity contribution >= 4 is 10.0 Å². The molecule has 3 aromatic rings. The van der Waals surface area contributed by atoms with Crippen LogP contribution in [0, 0.1) is 18.6 Å². The number of benzene rings is 2. The molecular formula is C17H13F3N2O3S. The third-order valence-corrected chi connectivity index (χ3v) is 4.71. The van der Waals surface area contributed by atoms with E-state index in [2.05, 4.69) is 5.16 Å². The summed E-state index contributed by atoms with van der Waals surface area (Å²) in [5, 5.41) is 8.62. The SMILES string of the molecule is Cc1cccc(-c2noc(CF)c2-c2cc(F)c(S(N)(=O)=O)c(F)c2)c1. The van der Waals surface area contributed by atoms with Crippen molar-refractivity contribution in [3.05, 3.63) is 59.4 Å². The number of nitrogens with zero attached hydrogens (tertiary/aromatic N) is 1. The average Bonchev–Trinajstić information content (AvgIpc) is 2.96. The normalized spacial score (nSPS) is 11.7. The number of hydrogen-bond acceptors (Lipinski definition) is 4. The Balaban J connectivity index is 2.26. The first-order valence-corrected chi connectivity index (χ1v) is 8.90. The lowest BCUT2D eigenvalue weighted by Crippen LogP contribution is -2.16. The summed E-state index contributed by atoms with van der Waals surface area (Å²) >= 11 is 0. The fourth-order valence-corrected chi connectivity index (χ4v) is 3.34. The number of alkyl halides is 1. The van der Waals surface area contributed by atoms with Gasteiger partial charge in [-0.05, 0) is 30.7 Å². The Kier molecular flexibility index (Phi) is 4.59. The van der Waals surface area contributed by atoms with E-state index in [-0.39, 0.29) is 22.6 Å². The molecule has 9 heteroatoms. The Morgan fingerprint density at radius 1 is 1.12 bits per heavy atom. The molecule has 0 aliphatic heterocycles. The molecular weight excluding hydrogens is 369 g/mol. The molecule has 0 amide bonds. The van der Waals surface area contributed by atoms with Crippen LogP contribution < -0.4 is 5.14 Å². The summed E-state index contributed by atoms with van der Waals surface area (Å²) < 4.78 is 69.3. The van der Waals surface area contributed by atoms with Crippen LogP contribution in [0.25, 0.3) is 22.4 Å². The molecule has 0 aliphatic rings. The highest BCUT2D eigenvalue weighted by Crippen LogP contribution is 2.37. The van der Waals surface area contributed by atoms with Gasteiger partial charge in [-0.2, -0.15) is 0 Å². The highest BCUT2D eigenvalue weighted by molar-refractivity contribution is 7.89. The summed E-state index contributed by atoms with van der Waals surface area (Å²) in [5.74, 6) is -3.00. The molecule has 26 heavy (non-hydrogen) atoms. The summed E-state index contributed by atoms with van der Waals surface area (Å²) in [5.41, 5.74) is 1.55. The summed E-state index contributed by atoms with van der Waals surface area (Å²) in [4.78, 5) is -1.25. The van der Waals surface area contributed by atoms with Crippen molar-refractivity contribution in [1.82, 2.24) is 5.16 Å². The van der Waals surface area contributed by atoms with Crippen LogP contribution in [0.1, 0.15) is 11.3 Å². The van der Waals surface area contributed by atoms with Gasteiger partial charge in [-0.1, -0.05) is 28.9 Å². The van der Waals surface area contributed by atoms with Gasteiger partial charge in [0.1, 0.15) is 17.3 Å². The van der Waals surface area contributed by atoms with Crippen molar-refractivity contribution in [2.45, 2.75) is 18.5 Å². The van der Waals surface area contributed by atoms with Gasteiger partial charge in [-0.25, -0.2) is 26.7 Å². The van der Waals surface area contributed by atoms with E-state index < -0.39 is 33.2 Å². The minimum Gasteiger partial charge on any atom is -0.357 e. The van der Waals surface area contributed by atoms with Gasteiger partial charge in [-0.15, -0.1) is 0 Å². The quantitative estimate of drug-likeness (QED) is 0.745. The molecule has 136 valence electrons. The van der Waals surface area contributed by atoms with E-state index in [1.54, 1.807) is 18.2 Å². The second kappa shape index (κ2) is 6.58. The fourth-order valence-electron chi connectivity index (χ4n) is 2.68. The van der Waals surface area contributed by atoms with Gasteiger partial charge < -0.3 is 4.52 Å². The molecule has 0 unspecified atom stereocenters. The van der Waals surface area contributed by atoms with Crippen molar-refractivity contribution in [2.75, 3.05) is 0 Å². The first-order chi connectivity index (χ1) is 12.2. The molecule has 0 bridgehead atoms. The second-order valence-electron chi connectivity index (χ2n) is 5.65. The van der Waals surface area contributed by atoms with Crippen LogP contribution in [0.2, 0.25) is 0 Å². The van der Waals surface area contributed by atoms with Crippen molar-refractivity contribution in [1.29, 1.82) is 0 Å². The predicted octanol–water partition coefficient (Wildman–Crippen LogP) is 3.71. The van der Waals surface area contributed by atoms with Crippen molar-refractivity contribution in [3.63, 3.8) is 0 Å². The minimum atomic E-state index is -4.60. The molecule has 1 heterocycles. The van der Waals surface area contributed by atoms with Gasteiger partial charge in [0.2, 0.25) is 10.0 Å². The molecule has 5 nitrogen and oxygen atoms in total. The lowest BCUT2D eigenvalue weighted by atomic mass is 9.98. The van der Waals surface area contributed by atoms with Crippen molar-refractivity contribution in [2.24, 2.45) is 5.14 Å². The van der Waals surface area contributed by atoms with Crippen molar-refractivity contribution < 1.29 is 26.1 Å². The standard InChI is InChI=1S/C17H13F3N2O3S/c1-9-3-2-4-10(5-9)16-15(14(8-18)25-22-16)11-6-12(19)17(13(20)7-11)26(21,23)24/h2-7H,8H2,1H3,(H2,21,23,24). The predicted molar refractivity (Wildman–Crippen MR) is 88.2 cm³/mol. The zero-order valence-corrected chi connectivity index (χ0v) is 14.3. The number of primary sulfonamides is 1. The Morgan fingerprint density at radius 3 is 2.31 bits per heavy atom. The first-order valence-electron chi connectivity index (χ1n) is 7.36. The molecule has 0 atom stereocenters. The number of hydrogen-bond donors (Lipinski definition) is 1. The highest BCUT2D eigenvalue weighted by Gasteiger charge is 2.25. The molecule has 2 N–H and O–H groups in total.